The first-order valence-electron chi connectivity index (χ1n) is 8.79. The number of nitrogens with zero attached hydrogens (tertiary/aromatic N) is 2. The Hall–Kier alpha value is -2.05. The second kappa shape index (κ2) is 8.56. The van der Waals surface area contributed by atoms with E-state index in [1.165, 1.54) is 0 Å². The lowest BCUT2D eigenvalue weighted by molar-refractivity contribution is -0.117. The Kier molecular flexibility index (Phi) is 6.16. The Morgan fingerprint density at radius 2 is 2.12 bits per heavy atom. The molecule has 0 radical (unpaired) electrons. The number of hydrogen-bond acceptors (Lipinski definition) is 4. The van der Waals surface area contributed by atoms with Crippen LogP contribution in [0, 0.1) is 0 Å². The molecule has 6 heteroatoms. The standard InChI is InChI=1S/C20H24BrN3O2/c1-3-24-13-17(26-19-10-5-4-9-18(19)24)12-23(2)14-20(25)22-16-8-6-7-15(21)11-16/h4-11,17H,3,12-14H2,1-2H3,(H,22,25)/t17-/m1/s1. The summed E-state index contributed by atoms with van der Waals surface area (Å²) in [6.45, 7) is 4.92. The Bertz CT molecular complexity index is 768. The van der Waals surface area contributed by atoms with Crippen LogP contribution in [-0.4, -0.2) is 50.1 Å². The zero-order chi connectivity index (χ0) is 18.5. The molecule has 2 aromatic carbocycles. The molecule has 2 aromatic rings. The van der Waals surface area contributed by atoms with Crippen LogP contribution in [0.5, 0.6) is 5.75 Å². The first kappa shape index (κ1) is 18.7. The van der Waals surface area contributed by atoms with Crippen LogP contribution in [0.25, 0.3) is 0 Å². The number of benzene rings is 2. The zero-order valence-electron chi connectivity index (χ0n) is 15.1. The minimum atomic E-state index is -0.0332. The molecule has 1 aliphatic rings. The number of carbonyl (C=O) groups is 1. The van der Waals surface area contributed by atoms with Crippen molar-refractivity contribution in [1.29, 1.82) is 0 Å². The molecule has 0 fully saturated rings. The normalized spacial score (nSPS) is 16.2. The Morgan fingerprint density at radius 3 is 2.88 bits per heavy atom. The third kappa shape index (κ3) is 4.77. The third-order valence-corrected chi connectivity index (χ3v) is 4.84. The monoisotopic (exact) mass is 417 g/mol. The highest BCUT2D eigenvalue weighted by Crippen LogP contribution is 2.32. The molecule has 138 valence electrons. The van der Waals surface area contributed by atoms with Gasteiger partial charge in [0.05, 0.1) is 18.8 Å². The fourth-order valence-corrected chi connectivity index (χ4v) is 3.60. The van der Waals surface area contributed by atoms with Crippen molar-refractivity contribution in [2.45, 2.75) is 13.0 Å². The quantitative estimate of drug-likeness (QED) is 0.779. The summed E-state index contributed by atoms with van der Waals surface area (Å²) in [4.78, 5) is 16.6. The summed E-state index contributed by atoms with van der Waals surface area (Å²) < 4.78 is 7.07. The van der Waals surface area contributed by atoms with Crippen molar-refractivity contribution < 1.29 is 9.53 Å². The van der Waals surface area contributed by atoms with Gasteiger partial charge in [0.2, 0.25) is 5.91 Å². The van der Waals surface area contributed by atoms with Gasteiger partial charge in [-0.15, -0.1) is 0 Å². The summed E-state index contributed by atoms with van der Waals surface area (Å²) in [6.07, 6.45) is 0.0357. The van der Waals surface area contributed by atoms with Gasteiger partial charge >= 0.3 is 0 Å². The highest BCUT2D eigenvalue weighted by Gasteiger charge is 2.25. The SMILES string of the molecule is CCN1C[C@@H](CN(C)CC(=O)Nc2cccc(Br)c2)Oc2ccccc21. The number of amides is 1. The second-order valence-corrected chi connectivity index (χ2v) is 7.42. The number of hydrogen-bond donors (Lipinski definition) is 1. The summed E-state index contributed by atoms with van der Waals surface area (Å²) in [5, 5.41) is 2.92. The van der Waals surface area contributed by atoms with E-state index in [2.05, 4.69) is 39.1 Å². The van der Waals surface area contributed by atoms with Gasteiger partial charge in [0, 0.05) is 23.2 Å². The van der Waals surface area contributed by atoms with Gasteiger partial charge in [-0.2, -0.15) is 0 Å². The lowest BCUT2D eigenvalue weighted by atomic mass is 10.2. The van der Waals surface area contributed by atoms with Gasteiger partial charge in [0.1, 0.15) is 11.9 Å². The lowest BCUT2D eigenvalue weighted by Gasteiger charge is -2.37. The van der Waals surface area contributed by atoms with Crippen LogP contribution in [0.15, 0.2) is 53.0 Å². The van der Waals surface area contributed by atoms with Crippen molar-refractivity contribution in [3.63, 3.8) is 0 Å². The summed E-state index contributed by atoms with van der Waals surface area (Å²) in [5.74, 6) is 0.881. The van der Waals surface area contributed by atoms with Crippen LogP contribution in [0.3, 0.4) is 0 Å². The molecule has 0 unspecified atom stereocenters. The number of nitrogens with one attached hydrogen (secondary N) is 1. The van der Waals surface area contributed by atoms with E-state index in [-0.39, 0.29) is 12.0 Å². The highest BCUT2D eigenvalue weighted by atomic mass is 79.9. The number of ether oxygens (including phenoxy) is 1. The molecule has 1 aliphatic heterocycles. The summed E-state index contributed by atoms with van der Waals surface area (Å²) >= 11 is 3.41. The fourth-order valence-electron chi connectivity index (χ4n) is 3.20. The van der Waals surface area contributed by atoms with Crippen LogP contribution in [-0.2, 0) is 4.79 Å². The number of likely N-dealkylation sites (N-methyl/N-ethyl adjacent to an activating group) is 2. The summed E-state index contributed by atoms with van der Waals surface area (Å²) in [7, 11) is 1.95. The number of anilines is 2. The van der Waals surface area contributed by atoms with Crippen molar-refractivity contribution in [3.8, 4) is 5.75 Å². The third-order valence-electron chi connectivity index (χ3n) is 4.34. The number of carbonyl (C=O) groups excluding carboxylic acids is 1. The number of fused-ring (bicyclic) bond motifs is 1. The van der Waals surface area contributed by atoms with Gasteiger partial charge in [-0.1, -0.05) is 34.1 Å². The first-order chi connectivity index (χ1) is 12.5. The largest absolute Gasteiger partial charge is 0.485 e. The molecule has 1 amide bonds. The van der Waals surface area contributed by atoms with Crippen molar-refractivity contribution in [3.05, 3.63) is 53.0 Å². The Balaban J connectivity index is 1.55. The summed E-state index contributed by atoms with van der Waals surface area (Å²) in [6, 6.07) is 15.7. The highest BCUT2D eigenvalue weighted by molar-refractivity contribution is 9.10. The maximum atomic E-state index is 12.3. The Labute approximate surface area is 163 Å². The van der Waals surface area contributed by atoms with Crippen LogP contribution in [0.1, 0.15) is 6.92 Å². The first-order valence-corrected chi connectivity index (χ1v) is 9.59. The van der Waals surface area contributed by atoms with Crippen molar-refractivity contribution in [2.24, 2.45) is 0 Å². The molecule has 1 N–H and O–H groups in total. The van der Waals surface area contributed by atoms with Gasteiger partial charge in [-0.3, -0.25) is 9.69 Å². The lowest BCUT2D eigenvalue weighted by Crippen LogP contribution is -2.46. The molecule has 5 nitrogen and oxygen atoms in total. The minimum Gasteiger partial charge on any atom is -0.485 e. The molecular weight excluding hydrogens is 394 g/mol. The minimum absolute atomic E-state index is 0.0332. The molecule has 0 saturated heterocycles. The zero-order valence-corrected chi connectivity index (χ0v) is 16.7. The van der Waals surface area contributed by atoms with E-state index in [4.69, 9.17) is 4.74 Å². The van der Waals surface area contributed by atoms with Gasteiger partial charge in [-0.05, 0) is 44.3 Å². The Morgan fingerprint density at radius 1 is 1.31 bits per heavy atom. The molecule has 0 spiro atoms. The molecule has 0 saturated carbocycles. The fraction of sp³-hybridized carbons (Fsp3) is 0.350. The molecular formula is C20H24BrN3O2. The van der Waals surface area contributed by atoms with E-state index in [0.29, 0.717) is 13.1 Å². The predicted molar refractivity (Wildman–Crippen MR) is 109 cm³/mol. The van der Waals surface area contributed by atoms with Crippen LogP contribution < -0.4 is 15.0 Å². The van der Waals surface area contributed by atoms with E-state index in [1.807, 2.05) is 54.4 Å². The van der Waals surface area contributed by atoms with Gasteiger partial charge in [0.15, 0.2) is 0 Å². The average Bonchev–Trinajstić information content (AvgIpc) is 2.60. The molecule has 0 aliphatic carbocycles. The van der Waals surface area contributed by atoms with Gasteiger partial charge < -0.3 is 15.0 Å². The number of rotatable bonds is 6. The molecule has 0 aromatic heterocycles. The molecule has 26 heavy (non-hydrogen) atoms. The van der Waals surface area contributed by atoms with Crippen LogP contribution in [0.4, 0.5) is 11.4 Å². The van der Waals surface area contributed by atoms with Crippen molar-refractivity contribution in [2.75, 3.05) is 43.4 Å². The van der Waals surface area contributed by atoms with E-state index in [0.717, 1.165) is 34.7 Å². The molecule has 1 atom stereocenters. The smallest absolute Gasteiger partial charge is 0.238 e. The summed E-state index contributed by atoms with van der Waals surface area (Å²) in [5.41, 5.74) is 1.93. The number of halogens is 1. The molecule has 3 rings (SSSR count). The van der Waals surface area contributed by atoms with E-state index >= 15 is 0 Å². The van der Waals surface area contributed by atoms with Crippen molar-refractivity contribution in [1.82, 2.24) is 4.90 Å². The number of para-hydroxylation sites is 2. The molecule has 0 bridgehead atoms. The van der Waals surface area contributed by atoms with Crippen molar-refractivity contribution >= 4 is 33.2 Å². The molecule has 1 heterocycles. The van der Waals surface area contributed by atoms with Crippen LogP contribution >= 0.6 is 15.9 Å². The van der Waals surface area contributed by atoms with Gasteiger partial charge in [0.25, 0.3) is 0 Å². The van der Waals surface area contributed by atoms with E-state index < -0.39 is 0 Å². The van der Waals surface area contributed by atoms with Gasteiger partial charge in [-0.25, -0.2) is 0 Å². The van der Waals surface area contributed by atoms with Crippen LogP contribution in [0.2, 0.25) is 0 Å². The topological polar surface area (TPSA) is 44.8 Å². The predicted octanol–water partition coefficient (Wildman–Crippen LogP) is 3.61. The second-order valence-electron chi connectivity index (χ2n) is 6.50. The van der Waals surface area contributed by atoms with E-state index in [9.17, 15) is 4.79 Å². The average molecular weight is 418 g/mol. The van der Waals surface area contributed by atoms with E-state index in [1.54, 1.807) is 0 Å². The maximum absolute atomic E-state index is 12.3. The maximum Gasteiger partial charge on any atom is 0.238 e.